The number of hydrogen-bond acceptors (Lipinski definition) is 2. The lowest BCUT2D eigenvalue weighted by Crippen LogP contribution is -2.48. The van der Waals surface area contributed by atoms with Crippen LogP contribution >= 0.6 is 0 Å². The third-order valence-corrected chi connectivity index (χ3v) is 2.18. The number of carbonyl (C=O) groups excluding carboxylic acids is 2. The first-order chi connectivity index (χ1) is 9.42. The van der Waals surface area contributed by atoms with Crippen LogP contribution in [0, 0.1) is 5.92 Å². The van der Waals surface area contributed by atoms with Crippen molar-refractivity contribution in [2.75, 3.05) is 6.54 Å². The Bertz CT molecular complexity index is 393. The van der Waals surface area contributed by atoms with Gasteiger partial charge in [0.1, 0.15) is 0 Å². The van der Waals surface area contributed by atoms with Crippen LogP contribution < -0.4 is 5.32 Å². The first-order valence-corrected chi connectivity index (χ1v) is 7.02. The number of imide groups is 1. The normalized spacial score (nSPS) is 16.1. The van der Waals surface area contributed by atoms with Crippen molar-refractivity contribution in [2.45, 2.75) is 40.5 Å². The minimum Gasteiger partial charge on any atom is -0.294 e. The van der Waals surface area contributed by atoms with E-state index in [4.69, 9.17) is 0 Å². The first kappa shape index (κ1) is 18.2. The zero-order valence-electron chi connectivity index (χ0n) is 13.0. The van der Waals surface area contributed by atoms with E-state index in [0.29, 0.717) is 13.0 Å². The molecular formula is C16H26N2O2. The van der Waals surface area contributed by atoms with Gasteiger partial charge in [0.15, 0.2) is 0 Å². The zero-order valence-corrected chi connectivity index (χ0v) is 13.0. The molecule has 0 bridgehead atoms. The molecule has 0 saturated carbocycles. The second kappa shape index (κ2) is 10.0. The van der Waals surface area contributed by atoms with Crippen LogP contribution in [0.4, 0.5) is 4.79 Å². The maximum Gasteiger partial charge on any atom is 0.328 e. The lowest BCUT2D eigenvalue weighted by Gasteiger charge is -2.27. The number of amides is 3. The quantitative estimate of drug-likeness (QED) is 0.798. The molecule has 0 radical (unpaired) electrons. The van der Waals surface area contributed by atoms with E-state index in [1.165, 1.54) is 4.90 Å². The average Bonchev–Trinajstić information content (AvgIpc) is 2.34. The van der Waals surface area contributed by atoms with E-state index < -0.39 is 0 Å². The molecule has 1 fully saturated rings. The summed E-state index contributed by atoms with van der Waals surface area (Å²) in [5.41, 5.74) is 0.752. The standard InChI is InChI=1S/C12H16N2O2.C4H10/c1-3-5-7-10(6-4-2)14-9-8-11(15)13-12(14)16;1-4(2)3/h4-7H,2-3,8-9H2,1H3,(H,13,15,16);4H,1-3H3/b7-5-,10-6+;. The highest BCUT2D eigenvalue weighted by Gasteiger charge is 2.24. The van der Waals surface area contributed by atoms with Crippen LogP contribution in [0.25, 0.3) is 0 Å². The third kappa shape index (κ3) is 7.56. The smallest absolute Gasteiger partial charge is 0.294 e. The van der Waals surface area contributed by atoms with Gasteiger partial charge in [0.2, 0.25) is 5.91 Å². The van der Waals surface area contributed by atoms with Crippen molar-refractivity contribution in [1.29, 1.82) is 0 Å². The van der Waals surface area contributed by atoms with E-state index in [0.717, 1.165) is 18.0 Å². The molecule has 112 valence electrons. The molecule has 0 aromatic heterocycles. The Hall–Kier alpha value is -1.84. The highest BCUT2D eigenvalue weighted by Crippen LogP contribution is 2.11. The van der Waals surface area contributed by atoms with Gasteiger partial charge in [0.25, 0.3) is 0 Å². The summed E-state index contributed by atoms with van der Waals surface area (Å²) in [7, 11) is 0. The van der Waals surface area contributed by atoms with Crippen molar-refractivity contribution in [2.24, 2.45) is 5.92 Å². The monoisotopic (exact) mass is 278 g/mol. The Morgan fingerprint density at radius 2 is 2.00 bits per heavy atom. The summed E-state index contributed by atoms with van der Waals surface area (Å²) >= 11 is 0. The van der Waals surface area contributed by atoms with Crippen molar-refractivity contribution in [3.8, 4) is 0 Å². The molecular weight excluding hydrogens is 252 g/mol. The summed E-state index contributed by atoms with van der Waals surface area (Å²) < 4.78 is 0. The van der Waals surface area contributed by atoms with Crippen LogP contribution in [-0.4, -0.2) is 23.4 Å². The van der Waals surface area contributed by atoms with Gasteiger partial charge in [-0.25, -0.2) is 4.79 Å². The van der Waals surface area contributed by atoms with Gasteiger partial charge in [-0.2, -0.15) is 0 Å². The van der Waals surface area contributed by atoms with Crippen LogP contribution in [0.5, 0.6) is 0 Å². The predicted octanol–water partition coefficient (Wildman–Crippen LogP) is 3.63. The van der Waals surface area contributed by atoms with Gasteiger partial charge in [0, 0.05) is 18.7 Å². The Kier molecular flexibility index (Phi) is 9.09. The van der Waals surface area contributed by atoms with E-state index >= 15 is 0 Å². The SMILES string of the molecule is C=C/C=C(\C=C/CC)N1CCC(=O)NC1=O.CC(C)C. The van der Waals surface area contributed by atoms with Crippen LogP contribution in [0.2, 0.25) is 0 Å². The number of carbonyl (C=O) groups is 2. The number of allylic oxidation sites excluding steroid dienone is 4. The second-order valence-electron chi connectivity index (χ2n) is 5.12. The second-order valence-corrected chi connectivity index (χ2v) is 5.12. The summed E-state index contributed by atoms with van der Waals surface area (Å²) in [6, 6.07) is -0.370. The number of nitrogens with one attached hydrogen (secondary N) is 1. The van der Waals surface area contributed by atoms with Crippen molar-refractivity contribution in [1.82, 2.24) is 10.2 Å². The lowest BCUT2D eigenvalue weighted by molar-refractivity contribution is -0.121. The molecule has 0 unspecified atom stereocenters. The van der Waals surface area contributed by atoms with Crippen molar-refractivity contribution in [3.63, 3.8) is 0 Å². The van der Waals surface area contributed by atoms with Gasteiger partial charge in [-0.05, 0) is 24.5 Å². The van der Waals surface area contributed by atoms with Gasteiger partial charge in [0.05, 0.1) is 0 Å². The molecule has 1 aliphatic heterocycles. The maximum atomic E-state index is 11.6. The van der Waals surface area contributed by atoms with Crippen LogP contribution in [0.15, 0.2) is 36.6 Å². The Morgan fingerprint density at radius 3 is 2.45 bits per heavy atom. The number of hydrogen-bond donors (Lipinski definition) is 1. The third-order valence-electron chi connectivity index (χ3n) is 2.18. The number of urea groups is 1. The minimum absolute atomic E-state index is 0.223. The minimum atomic E-state index is -0.370. The molecule has 0 atom stereocenters. The molecule has 4 heteroatoms. The van der Waals surface area contributed by atoms with E-state index in [-0.39, 0.29) is 11.9 Å². The molecule has 1 rings (SSSR count). The summed E-state index contributed by atoms with van der Waals surface area (Å²) in [5, 5.41) is 2.28. The van der Waals surface area contributed by atoms with Gasteiger partial charge >= 0.3 is 6.03 Å². The lowest BCUT2D eigenvalue weighted by atomic mass is 10.2. The van der Waals surface area contributed by atoms with Crippen LogP contribution in [-0.2, 0) is 4.79 Å². The van der Waals surface area contributed by atoms with Gasteiger partial charge in [-0.1, -0.05) is 46.4 Å². The summed E-state index contributed by atoms with van der Waals surface area (Å²) in [4.78, 5) is 24.1. The summed E-state index contributed by atoms with van der Waals surface area (Å²) in [5.74, 6) is 0.610. The Morgan fingerprint density at radius 1 is 1.40 bits per heavy atom. The van der Waals surface area contributed by atoms with E-state index in [1.807, 2.05) is 19.1 Å². The Labute approximate surface area is 122 Å². The summed E-state index contributed by atoms with van der Waals surface area (Å²) in [6.45, 7) is 12.5. The predicted molar refractivity (Wildman–Crippen MR) is 83.1 cm³/mol. The molecule has 1 N–H and O–H groups in total. The fourth-order valence-electron chi connectivity index (χ4n) is 1.41. The fraction of sp³-hybridized carbons (Fsp3) is 0.500. The van der Waals surface area contributed by atoms with Crippen molar-refractivity contribution >= 4 is 11.9 Å². The van der Waals surface area contributed by atoms with E-state index in [2.05, 4.69) is 32.7 Å². The van der Waals surface area contributed by atoms with Gasteiger partial charge in [-0.3, -0.25) is 15.0 Å². The van der Waals surface area contributed by atoms with Crippen LogP contribution in [0.3, 0.4) is 0 Å². The molecule has 0 aromatic carbocycles. The first-order valence-electron chi connectivity index (χ1n) is 7.02. The summed E-state index contributed by atoms with van der Waals surface area (Å²) in [6.07, 6.45) is 8.42. The largest absolute Gasteiger partial charge is 0.328 e. The number of rotatable bonds is 4. The number of nitrogens with zero attached hydrogens (tertiary/aromatic N) is 1. The fourth-order valence-corrected chi connectivity index (χ4v) is 1.41. The molecule has 1 saturated heterocycles. The average molecular weight is 278 g/mol. The topological polar surface area (TPSA) is 49.4 Å². The molecule has 20 heavy (non-hydrogen) atoms. The Balaban J connectivity index is 0.000000796. The van der Waals surface area contributed by atoms with Gasteiger partial charge < -0.3 is 0 Å². The van der Waals surface area contributed by atoms with E-state index in [9.17, 15) is 9.59 Å². The molecule has 0 aromatic rings. The molecule has 1 aliphatic rings. The molecule has 3 amide bonds. The van der Waals surface area contributed by atoms with Crippen molar-refractivity contribution < 1.29 is 9.59 Å². The molecule has 4 nitrogen and oxygen atoms in total. The highest BCUT2D eigenvalue weighted by molar-refractivity contribution is 5.97. The molecule has 0 aliphatic carbocycles. The molecule has 0 spiro atoms. The highest BCUT2D eigenvalue weighted by atomic mass is 16.2. The van der Waals surface area contributed by atoms with Crippen LogP contribution in [0.1, 0.15) is 40.5 Å². The zero-order chi connectivity index (χ0) is 15.5. The van der Waals surface area contributed by atoms with E-state index in [1.54, 1.807) is 12.2 Å². The maximum absolute atomic E-state index is 11.6. The van der Waals surface area contributed by atoms with Crippen molar-refractivity contribution in [3.05, 3.63) is 36.6 Å². The molecule has 1 heterocycles. The van der Waals surface area contributed by atoms with Gasteiger partial charge in [-0.15, -0.1) is 0 Å².